The summed E-state index contributed by atoms with van der Waals surface area (Å²) in [4.78, 5) is 22.3. The number of nitrogens with zero attached hydrogens (tertiary/aromatic N) is 5. The largest absolute Gasteiger partial charge is 0.306 e. The van der Waals surface area contributed by atoms with Crippen molar-refractivity contribution in [3.8, 4) is 0 Å². The number of carbonyl (C=O) groups excluding carboxylic acids is 1. The van der Waals surface area contributed by atoms with Gasteiger partial charge in [0.2, 0.25) is 5.82 Å². The van der Waals surface area contributed by atoms with Crippen LogP contribution in [0.3, 0.4) is 0 Å². The van der Waals surface area contributed by atoms with Crippen molar-refractivity contribution in [3.63, 3.8) is 0 Å². The first kappa shape index (κ1) is 16.0. The van der Waals surface area contributed by atoms with Crippen LogP contribution in [0.5, 0.6) is 0 Å². The van der Waals surface area contributed by atoms with Crippen molar-refractivity contribution in [2.24, 2.45) is 0 Å². The van der Waals surface area contributed by atoms with E-state index < -0.39 is 17.5 Å². The SMILES string of the molecule is CCN(C(=O)c1nc2nc(C)cc(C)n2n1)c1ccc(F)c(F)c1. The molecule has 0 aliphatic rings. The molecule has 1 amide bonds. The Morgan fingerprint density at radius 3 is 2.58 bits per heavy atom. The molecular weight excluding hydrogens is 316 g/mol. The second-order valence-electron chi connectivity index (χ2n) is 5.33. The van der Waals surface area contributed by atoms with Gasteiger partial charge >= 0.3 is 0 Å². The highest BCUT2D eigenvalue weighted by atomic mass is 19.2. The summed E-state index contributed by atoms with van der Waals surface area (Å²) in [5.74, 6) is -2.23. The minimum absolute atomic E-state index is 0.0530. The highest BCUT2D eigenvalue weighted by Gasteiger charge is 2.22. The average molecular weight is 331 g/mol. The Kier molecular flexibility index (Phi) is 3.96. The van der Waals surface area contributed by atoms with Gasteiger partial charge in [0.25, 0.3) is 11.7 Å². The molecule has 0 radical (unpaired) electrons. The Morgan fingerprint density at radius 2 is 1.92 bits per heavy atom. The van der Waals surface area contributed by atoms with Gasteiger partial charge < -0.3 is 4.90 Å². The van der Waals surface area contributed by atoms with Gasteiger partial charge in [-0.25, -0.2) is 18.3 Å². The molecule has 24 heavy (non-hydrogen) atoms. The number of aryl methyl sites for hydroxylation is 2. The Labute approximate surface area is 136 Å². The molecule has 2 heterocycles. The molecule has 1 aromatic carbocycles. The molecule has 0 atom stereocenters. The Bertz CT molecular complexity index is 938. The number of amides is 1. The van der Waals surface area contributed by atoms with Gasteiger partial charge in [-0.1, -0.05) is 0 Å². The molecule has 6 nitrogen and oxygen atoms in total. The maximum atomic E-state index is 13.4. The number of carbonyl (C=O) groups is 1. The van der Waals surface area contributed by atoms with E-state index in [1.807, 2.05) is 19.9 Å². The second-order valence-corrected chi connectivity index (χ2v) is 5.33. The minimum atomic E-state index is -1.02. The molecule has 0 N–H and O–H groups in total. The van der Waals surface area contributed by atoms with Gasteiger partial charge in [0, 0.05) is 29.7 Å². The summed E-state index contributed by atoms with van der Waals surface area (Å²) >= 11 is 0. The predicted octanol–water partition coefficient (Wildman–Crippen LogP) is 2.69. The fraction of sp³-hybridized carbons (Fsp3) is 0.250. The summed E-state index contributed by atoms with van der Waals surface area (Å²) in [6.45, 7) is 5.63. The summed E-state index contributed by atoms with van der Waals surface area (Å²) in [6.07, 6.45) is 0. The number of aromatic nitrogens is 4. The highest BCUT2D eigenvalue weighted by Crippen LogP contribution is 2.19. The Morgan fingerprint density at radius 1 is 1.17 bits per heavy atom. The molecule has 3 rings (SSSR count). The van der Waals surface area contributed by atoms with E-state index in [-0.39, 0.29) is 18.1 Å². The molecule has 0 saturated heterocycles. The van der Waals surface area contributed by atoms with Crippen LogP contribution in [-0.4, -0.2) is 32.0 Å². The number of anilines is 1. The van der Waals surface area contributed by atoms with E-state index in [0.717, 1.165) is 23.5 Å². The van der Waals surface area contributed by atoms with Gasteiger partial charge in [-0.3, -0.25) is 4.79 Å². The van der Waals surface area contributed by atoms with E-state index in [4.69, 9.17) is 0 Å². The van der Waals surface area contributed by atoms with Gasteiger partial charge in [0.1, 0.15) is 0 Å². The van der Waals surface area contributed by atoms with E-state index in [1.54, 1.807) is 6.92 Å². The van der Waals surface area contributed by atoms with Crippen molar-refractivity contribution in [1.82, 2.24) is 19.6 Å². The lowest BCUT2D eigenvalue weighted by Gasteiger charge is -2.19. The zero-order valence-electron chi connectivity index (χ0n) is 13.4. The molecular formula is C16H15F2N5O. The van der Waals surface area contributed by atoms with Crippen LogP contribution in [0.25, 0.3) is 5.78 Å². The molecule has 0 saturated carbocycles. The first-order valence-corrected chi connectivity index (χ1v) is 7.38. The van der Waals surface area contributed by atoms with Crippen molar-refractivity contribution in [3.05, 3.63) is 53.1 Å². The van der Waals surface area contributed by atoms with Gasteiger partial charge in [0.05, 0.1) is 0 Å². The first-order chi connectivity index (χ1) is 11.4. The summed E-state index contributed by atoms with van der Waals surface area (Å²) in [5, 5.41) is 4.17. The van der Waals surface area contributed by atoms with Crippen molar-refractivity contribution in [2.75, 3.05) is 11.4 Å². The van der Waals surface area contributed by atoms with Crippen molar-refractivity contribution in [1.29, 1.82) is 0 Å². The molecule has 2 aromatic heterocycles. The first-order valence-electron chi connectivity index (χ1n) is 7.38. The van der Waals surface area contributed by atoms with Gasteiger partial charge in [-0.2, -0.15) is 4.98 Å². The summed E-state index contributed by atoms with van der Waals surface area (Å²) in [7, 11) is 0. The molecule has 8 heteroatoms. The van der Waals surface area contributed by atoms with E-state index in [2.05, 4.69) is 15.1 Å². The number of fused-ring (bicyclic) bond motifs is 1. The van der Waals surface area contributed by atoms with Crippen molar-refractivity contribution in [2.45, 2.75) is 20.8 Å². The standard InChI is InChI=1S/C16H15F2N5O/c1-4-22(11-5-6-12(17)13(18)8-11)15(24)14-20-16-19-9(2)7-10(3)23(16)21-14/h5-8H,4H2,1-3H3. The number of hydrogen-bond acceptors (Lipinski definition) is 4. The number of rotatable bonds is 3. The van der Waals surface area contributed by atoms with Crippen molar-refractivity contribution < 1.29 is 13.6 Å². The van der Waals surface area contributed by atoms with Gasteiger partial charge in [-0.15, -0.1) is 5.10 Å². The molecule has 124 valence electrons. The number of benzene rings is 1. The molecule has 0 aliphatic carbocycles. The van der Waals surface area contributed by atoms with Crippen LogP contribution in [0.1, 0.15) is 28.9 Å². The predicted molar refractivity (Wildman–Crippen MR) is 84.0 cm³/mol. The lowest BCUT2D eigenvalue weighted by atomic mass is 10.2. The molecule has 0 unspecified atom stereocenters. The van der Waals surface area contributed by atoms with Crippen LogP contribution >= 0.6 is 0 Å². The molecule has 0 bridgehead atoms. The van der Waals surface area contributed by atoms with Crippen LogP contribution in [-0.2, 0) is 0 Å². The number of halogens is 2. The zero-order chi connectivity index (χ0) is 17.4. The second kappa shape index (κ2) is 5.95. The van der Waals surface area contributed by atoms with E-state index in [1.165, 1.54) is 15.5 Å². The summed E-state index contributed by atoms with van der Waals surface area (Å²) in [6, 6.07) is 5.11. The normalized spacial score (nSPS) is 11.0. The zero-order valence-corrected chi connectivity index (χ0v) is 13.4. The summed E-state index contributed by atoms with van der Waals surface area (Å²) in [5.41, 5.74) is 1.79. The highest BCUT2D eigenvalue weighted by molar-refractivity contribution is 6.03. The molecule has 0 aliphatic heterocycles. The van der Waals surface area contributed by atoms with Gasteiger partial charge in [0.15, 0.2) is 11.6 Å². The Balaban J connectivity index is 2.02. The fourth-order valence-corrected chi connectivity index (χ4v) is 2.47. The average Bonchev–Trinajstić information content (AvgIpc) is 2.95. The lowest BCUT2D eigenvalue weighted by Crippen LogP contribution is -2.31. The van der Waals surface area contributed by atoms with Crippen LogP contribution in [0.2, 0.25) is 0 Å². The third-order valence-electron chi connectivity index (χ3n) is 3.59. The van der Waals surface area contributed by atoms with Crippen LogP contribution < -0.4 is 4.90 Å². The van der Waals surface area contributed by atoms with Crippen LogP contribution in [0.4, 0.5) is 14.5 Å². The van der Waals surface area contributed by atoms with Gasteiger partial charge in [-0.05, 0) is 39.0 Å². The lowest BCUT2D eigenvalue weighted by molar-refractivity contribution is 0.0978. The smallest absolute Gasteiger partial charge is 0.298 e. The van der Waals surface area contributed by atoms with Crippen molar-refractivity contribution >= 4 is 17.4 Å². The monoisotopic (exact) mass is 331 g/mol. The molecule has 0 spiro atoms. The third kappa shape index (κ3) is 2.70. The fourth-order valence-electron chi connectivity index (χ4n) is 2.47. The molecule has 0 fully saturated rings. The minimum Gasteiger partial charge on any atom is -0.306 e. The maximum absolute atomic E-state index is 13.4. The van der Waals surface area contributed by atoms with E-state index >= 15 is 0 Å². The topological polar surface area (TPSA) is 63.4 Å². The van der Waals surface area contributed by atoms with Crippen LogP contribution in [0, 0.1) is 25.5 Å². The quantitative estimate of drug-likeness (QED) is 0.740. The summed E-state index contributed by atoms with van der Waals surface area (Å²) < 4.78 is 28.0. The van der Waals surface area contributed by atoms with Crippen LogP contribution in [0.15, 0.2) is 24.3 Å². The number of hydrogen-bond donors (Lipinski definition) is 0. The Hall–Kier alpha value is -2.90. The molecule has 3 aromatic rings. The third-order valence-corrected chi connectivity index (χ3v) is 3.59. The van der Waals surface area contributed by atoms with E-state index in [0.29, 0.717) is 5.78 Å². The maximum Gasteiger partial charge on any atom is 0.298 e. The van der Waals surface area contributed by atoms with E-state index in [9.17, 15) is 13.6 Å².